The van der Waals surface area contributed by atoms with Crippen molar-refractivity contribution in [3.63, 3.8) is 0 Å². The molecule has 3 aromatic rings. The Morgan fingerprint density at radius 3 is 2.18 bits per heavy atom. The van der Waals surface area contributed by atoms with Gasteiger partial charge in [-0.15, -0.1) is 0 Å². The summed E-state index contributed by atoms with van der Waals surface area (Å²) in [5.74, 6) is -0.0549. The molecule has 1 unspecified atom stereocenters. The van der Waals surface area contributed by atoms with E-state index < -0.39 is 28.5 Å². The average Bonchev–Trinajstić information content (AvgIpc) is 3.02. The van der Waals surface area contributed by atoms with E-state index in [1.807, 2.05) is 52.0 Å². The van der Waals surface area contributed by atoms with Crippen molar-refractivity contribution >= 4 is 27.5 Å². The minimum absolute atomic E-state index is 0.0809. The van der Waals surface area contributed by atoms with Crippen molar-refractivity contribution < 1.29 is 22.7 Å². The monoisotopic (exact) mass is 619 g/mol. The largest absolute Gasteiger partial charge is 0.494 e. The van der Waals surface area contributed by atoms with Gasteiger partial charge >= 0.3 is 0 Å². The minimum Gasteiger partial charge on any atom is -0.494 e. The summed E-state index contributed by atoms with van der Waals surface area (Å²) in [7, 11) is -4.14. The van der Waals surface area contributed by atoms with Crippen molar-refractivity contribution in [1.29, 1.82) is 0 Å². The van der Waals surface area contributed by atoms with E-state index in [2.05, 4.69) is 5.32 Å². The third-order valence-electron chi connectivity index (χ3n) is 8.26. The van der Waals surface area contributed by atoms with E-state index in [9.17, 15) is 18.0 Å². The van der Waals surface area contributed by atoms with Gasteiger partial charge in [-0.1, -0.05) is 68.1 Å². The molecule has 236 valence electrons. The Hall–Kier alpha value is -3.85. The highest BCUT2D eigenvalue weighted by molar-refractivity contribution is 7.92. The van der Waals surface area contributed by atoms with Crippen LogP contribution < -0.4 is 14.4 Å². The minimum atomic E-state index is -4.14. The first kappa shape index (κ1) is 33.1. The maximum absolute atomic E-state index is 14.4. The summed E-state index contributed by atoms with van der Waals surface area (Å²) in [6, 6.07) is 20.3. The number of nitrogens with zero attached hydrogens (tertiary/aromatic N) is 2. The number of carbonyl (C=O) groups is 2. The van der Waals surface area contributed by atoms with E-state index in [4.69, 9.17) is 4.74 Å². The van der Waals surface area contributed by atoms with Crippen LogP contribution in [0.25, 0.3) is 0 Å². The summed E-state index contributed by atoms with van der Waals surface area (Å²) >= 11 is 0. The molecule has 0 radical (unpaired) electrons. The number of nitrogens with one attached hydrogen (secondary N) is 1. The van der Waals surface area contributed by atoms with Gasteiger partial charge in [0.2, 0.25) is 11.8 Å². The van der Waals surface area contributed by atoms with Crippen LogP contribution in [-0.4, -0.2) is 50.4 Å². The first-order valence-electron chi connectivity index (χ1n) is 15.6. The number of carbonyl (C=O) groups excluding carboxylic acids is 2. The van der Waals surface area contributed by atoms with Gasteiger partial charge in [-0.25, -0.2) is 8.42 Å². The molecular weight excluding hydrogens is 574 g/mol. The summed E-state index contributed by atoms with van der Waals surface area (Å²) < 4.78 is 34.9. The van der Waals surface area contributed by atoms with Gasteiger partial charge in [0.25, 0.3) is 10.0 Å². The highest BCUT2D eigenvalue weighted by atomic mass is 32.2. The van der Waals surface area contributed by atoms with Crippen molar-refractivity contribution in [3.8, 4) is 5.75 Å². The van der Waals surface area contributed by atoms with Crippen LogP contribution in [0.2, 0.25) is 0 Å². The second-order valence-electron chi connectivity index (χ2n) is 11.5. The van der Waals surface area contributed by atoms with Gasteiger partial charge in [0, 0.05) is 12.6 Å². The second kappa shape index (κ2) is 15.2. The molecule has 1 saturated carbocycles. The molecule has 44 heavy (non-hydrogen) atoms. The number of sulfonamides is 1. The zero-order chi connectivity index (χ0) is 31.7. The van der Waals surface area contributed by atoms with Gasteiger partial charge < -0.3 is 15.0 Å². The summed E-state index contributed by atoms with van der Waals surface area (Å²) in [4.78, 5) is 29.7. The van der Waals surface area contributed by atoms with E-state index in [0.717, 1.165) is 53.1 Å². The molecule has 4 rings (SSSR count). The lowest BCUT2D eigenvalue weighted by Gasteiger charge is -2.34. The van der Waals surface area contributed by atoms with Crippen molar-refractivity contribution in [2.45, 2.75) is 89.7 Å². The number of ether oxygens (including phenoxy) is 1. The molecule has 1 aliphatic carbocycles. The molecule has 0 aromatic heterocycles. The third-order valence-corrected chi connectivity index (χ3v) is 10.1. The third kappa shape index (κ3) is 8.20. The van der Waals surface area contributed by atoms with Crippen molar-refractivity contribution in [3.05, 3.63) is 89.5 Å². The van der Waals surface area contributed by atoms with E-state index in [1.54, 1.807) is 53.4 Å². The molecule has 1 fully saturated rings. The highest BCUT2D eigenvalue weighted by Crippen LogP contribution is 2.27. The number of hydrogen-bond acceptors (Lipinski definition) is 5. The van der Waals surface area contributed by atoms with Gasteiger partial charge in [0.05, 0.1) is 17.2 Å². The van der Waals surface area contributed by atoms with Crippen LogP contribution in [0.1, 0.15) is 69.1 Å². The fraction of sp³-hybridized carbons (Fsp3) is 0.429. The van der Waals surface area contributed by atoms with Crippen LogP contribution in [-0.2, 0) is 26.2 Å². The van der Waals surface area contributed by atoms with Crippen molar-refractivity contribution in [1.82, 2.24) is 10.2 Å². The highest BCUT2D eigenvalue weighted by Gasteiger charge is 2.34. The fourth-order valence-electron chi connectivity index (χ4n) is 5.68. The summed E-state index contributed by atoms with van der Waals surface area (Å²) in [5.41, 5.74) is 3.15. The maximum atomic E-state index is 14.4. The zero-order valence-electron chi connectivity index (χ0n) is 26.3. The topological polar surface area (TPSA) is 96.0 Å². The molecule has 2 amide bonds. The number of aryl methyl sites for hydroxylation is 2. The van der Waals surface area contributed by atoms with Gasteiger partial charge in [0.1, 0.15) is 18.3 Å². The number of hydrogen-bond donors (Lipinski definition) is 1. The lowest BCUT2D eigenvalue weighted by atomic mass is 9.95. The Morgan fingerprint density at radius 2 is 1.57 bits per heavy atom. The fourth-order valence-corrected chi connectivity index (χ4v) is 7.09. The van der Waals surface area contributed by atoms with Gasteiger partial charge in [-0.3, -0.25) is 13.9 Å². The number of amides is 2. The van der Waals surface area contributed by atoms with Crippen molar-refractivity contribution in [2.75, 3.05) is 17.5 Å². The van der Waals surface area contributed by atoms with Crippen LogP contribution in [0.3, 0.4) is 0 Å². The summed E-state index contributed by atoms with van der Waals surface area (Å²) in [6.07, 6.45) is 5.55. The van der Waals surface area contributed by atoms with Crippen LogP contribution in [0, 0.1) is 13.8 Å². The first-order chi connectivity index (χ1) is 21.1. The Morgan fingerprint density at radius 1 is 0.909 bits per heavy atom. The maximum Gasteiger partial charge on any atom is 0.264 e. The molecule has 3 aromatic carbocycles. The van der Waals surface area contributed by atoms with E-state index in [1.165, 1.54) is 0 Å². The Bertz CT molecular complexity index is 1500. The molecule has 8 nitrogen and oxygen atoms in total. The SMILES string of the molecule is CCOc1ccc(N(CC(=O)N(Cc2ccccc2C)C(CC)C(=O)NC2CCCCC2)S(=O)(=O)c2ccc(C)cc2)cc1. The van der Waals surface area contributed by atoms with E-state index in [0.29, 0.717) is 24.5 Å². The lowest BCUT2D eigenvalue weighted by Crippen LogP contribution is -2.54. The van der Waals surface area contributed by atoms with Gasteiger partial charge in [0.15, 0.2) is 0 Å². The normalized spacial score (nSPS) is 14.5. The van der Waals surface area contributed by atoms with E-state index >= 15 is 0 Å². The van der Waals surface area contributed by atoms with Gasteiger partial charge in [-0.05, 0) is 87.6 Å². The Kier molecular flexibility index (Phi) is 11.4. The smallest absolute Gasteiger partial charge is 0.264 e. The van der Waals surface area contributed by atoms with E-state index in [-0.39, 0.29) is 23.4 Å². The molecule has 0 spiro atoms. The molecule has 1 aliphatic rings. The predicted molar refractivity (Wildman–Crippen MR) is 174 cm³/mol. The molecular formula is C35H45N3O5S. The Labute approximate surface area is 262 Å². The standard InChI is InChI=1S/C35H45N3O5S/c1-5-33(35(40)36-29-14-8-7-9-15-29)37(24-28-13-11-10-12-27(28)4)34(39)25-38(30-18-20-31(21-19-30)43-6-2)44(41,42)32-22-16-26(3)17-23-32/h10-13,16-23,29,33H,5-9,14-15,24-25H2,1-4H3,(H,36,40). The molecule has 0 bridgehead atoms. The molecule has 1 N–H and O–H groups in total. The van der Waals surface area contributed by atoms with Crippen LogP contribution >= 0.6 is 0 Å². The van der Waals surface area contributed by atoms with Crippen LogP contribution in [0.4, 0.5) is 5.69 Å². The zero-order valence-corrected chi connectivity index (χ0v) is 27.1. The summed E-state index contributed by atoms with van der Waals surface area (Å²) in [6.45, 7) is 7.80. The quantitative estimate of drug-likeness (QED) is 0.248. The molecule has 9 heteroatoms. The summed E-state index contributed by atoms with van der Waals surface area (Å²) in [5, 5.41) is 3.19. The number of rotatable bonds is 13. The molecule has 0 aliphatic heterocycles. The lowest BCUT2D eigenvalue weighted by molar-refractivity contribution is -0.140. The number of benzene rings is 3. The molecule has 0 saturated heterocycles. The molecule has 0 heterocycles. The Balaban J connectivity index is 1.71. The van der Waals surface area contributed by atoms with Crippen molar-refractivity contribution in [2.24, 2.45) is 0 Å². The predicted octanol–water partition coefficient (Wildman–Crippen LogP) is 6.15. The molecule has 1 atom stereocenters. The number of anilines is 1. The average molecular weight is 620 g/mol. The second-order valence-corrected chi connectivity index (χ2v) is 13.3. The van der Waals surface area contributed by atoms with Crippen LogP contribution in [0.15, 0.2) is 77.7 Å². The van der Waals surface area contributed by atoms with Crippen LogP contribution in [0.5, 0.6) is 5.75 Å². The van der Waals surface area contributed by atoms with Gasteiger partial charge in [-0.2, -0.15) is 0 Å². The first-order valence-corrected chi connectivity index (χ1v) is 17.0.